The molecule has 2 aliphatic rings. The van der Waals surface area contributed by atoms with Crippen LogP contribution in [0.1, 0.15) is 44.2 Å². The number of hydrogen-bond acceptors (Lipinski definition) is 4. The number of hydrogen-bond donors (Lipinski definition) is 1. The third-order valence-corrected chi connectivity index (χ3v) is 6.84. The standard InChI is InChI=1S/C24H22Cl2FN3O3/c1-12-11-24(2,3)29(4)20-10-18(27)13(7-15(12)20)8-16-21(31)28-23(33)30(22(16)32)19-6-5-14(25)9-17(19)26/h5-10,12H,11H2,1-4H3,(H,28,31,33)/b16-8-. The molecule has 2 aliphatic heterocycles. The third-order valence-electron chi connectivity index (χ3n) is 6.30. The van der Waals surface area contributed by atoms with Gasteiger partial charge in [0.15, 0.2) is 0 Å². The summed E-state index contributed by atoms with van der Waals surface area (Å²) in [6.07, 6.45) is 2.03. The number of rotatable bonds is 2. The van der Waals surface area contributed by atoms with Gasteiger partial charge in [-0.25, -0.2) is 14.1 Å². The molecule has 1 saturated heterocycles. The van der Waals surface area contributed by atoms with E-state index in [1.54, 1.807) is 6.07 Å². The Morgan fingerprint density at radius 3 is 2.48 bits per heavy atom. The van der Waals surface area contributed by atoms with E-state index in [1.807, 2.05) is 11.9 Å². The van der Waals surface area contributed by atoms with Gasteiger partial charge >= 0.3 is 6.03 Å². The molecule has 1 fully saturated rings. The molecule has 0 radical (unpaired) electrons. The highest BCUT2D eigenvalue weighted by atomic mass is 35.5. The molecule has 172 valence electrons. The number of halogens is 3. The fourth-order valence-corrected chi connectivity index (χ4v) is 4.90. The van der Waals surface area contributed by atoms with E-state index in [2.05, 4.69) is 26.1 Å². The maximum absolute atomic E-state index is 15.1. The van der Waals surface area contributed by atoms with Crippen LogP contribution in [0.15, 0.2) is 35.9 Å². The van der Waals surface area contributed by atoms with E-state index in [1.165, 1.54) is 30.3 Å². The second-order valence-electron chi connectivity index (χ2n) is 8.96. The Morgan fingerprint density at radius 2 is 1.82 bits per heavy atom. The molecule has 4 amide bonds. The lowest BCUT2D eigenvalue weighted by atomic mass is 9.80. The Kier molecular flexibility index (Phi) is 5.75. The number of amides is 4. The first-order chi connectivity index (χ1) is 15.4. The van der Waals surface area contributed by atoms with Crippen molar-refractivity contribution in [3.05, 3.63) is 62.9 Å². The second kappa shape index (κ2) is 8.15. The Hall–Kier alpha value is -2.90. The summed E-state index contributed by atoms with van der Waals surface area (Å²) in [6.45, 7) is 6.25. The lowest BCUT2D eigenvalue weighted by Crippen LogP contribution is -2.54. The quantitative estimate of drug-likeness (QED) is 0.445. The number of barbiturate groups is 1. The minimum atomic E-state index is -0.949. The van der Waals surface area contributed by atoms with Crippen molar-refractivity contribution in [3.63, 3.8) is 0 Å². The lowest BCUT2D eigenvalue weighted by molar-refractivity contribution is -0.122. The van der Waals surface area contributed by atoms with Crippen LogP contribution in [0.25, 0.3) is 6.08 Å². The number of carbonyl (C=O) groups is 3. The summed E-state index contributed by atoms with van der Waals surface area (Å²) in [5.41, 5.74) is 1.31. The van der Waals surface area contributed by atoms with Crippen LogP contribution < -0.4 is 15.1 Å². The van der Waals surface area contributed by atoms with Crippen LogP contribution in [-0.4, -0.2) is 30.4 Å². The molecular weight excluding hydrogens is 468 g/mol. The number of fused-ring (bicyclic) bond motifs is 1. The van der Waals surface area contributed by atoms with Crippen LogP contribution in [-0.2, 0) is 9.59 Å². The smallest absolute Gasteiger partial charge is 0.335 e. The van der Waals surface area contributed by atoms with Crippen molar-refractivity contribution in [2.75, 3.05) is 16.8 Å². The van der Waals surface area contributed by atoms with Crippen molar-refractivity contribution in [2.45, 2.75) is 38.6 Å². The van der Waals surface area contributed by atoms with Crippen LogP contribution in [0.4, 0.5) is 20.6 Å². The van der Waals surface area contributed by atoms with E-state index >= 15 is 4.39 Å². The van der Waals surface area contributed by atoms with Gasteiger partial charge in [-0.05, 0) is 68.2 Å². The van der Waals surface area contributed by atoms with E-state index in [0.717, 1.165) is 22.6 Å². The predicted molar refractivity (Wildman–Crippen MR) is 127 cm³/mol. The molecule has 9 heteroatoms. The number of nitrogens with one attached hydrogen (secondary N) is 1. The zero-order valence-corrected chi connectivity index (χ0v) is 20.0. The maximum Gasteiger partial charge on any atom is 0.335 e. The van der Waals surface area contributed by atoms with Crippen molar-refractivity contribution in [3.8, 4) is 0 Å². The van der Waals surface area contributed by atoms with Gasteiger partial charge in [0.1, 0.15) is 11.4 Å². The molecule has 0 aromatic heterocycles. The Labute approximate surface area is 200 Å². The van der Waals surface area contributed by atoms with E-state index in [-0.39, 0.29) is 33.3 Å². The molecule has 4 rings (SSSR count). The first-order valence-electron chi connectivity index (χ1n) is 10.3. The molecule has 2 heterocycles. The van der Waals surface area contributed by atoms with E-state index in [0.29, 0.717) is 5.02 Å². The largest absolute Gasteiger partial charge is 0.369 e. The van der Waals surface area contributed by atoms with Crippen molar-refractivity contribution in [1.29, 1.82) is 0 Å². The van der Waals surface area contributed by atoms with Gasteiger partial charge in [0.2, 0.25) is 0 Å². The molecule has 0 bridgehead atoms. The number of imide groups is 2. The number of benzene rings is 2. The summed E-state index contributed by atoms with van der Waals surface area (Å²) < 4.78 is 15.1. The Bertz CT molecular complexity index is 1240. The van der Waals surface area contributed by atoms with Gasteiger partial charge in [0.05, 0.1) is 10.7 Å². The summed E-state index contributed by atoms with van der Waals surface area (Å²) >= 11 is 12.1. The predicted octanol–water partition coefficient (Wildman–Crippen LogP) is 5.52. The molecule has 1 N–H and O–H groups in total. The van der Waals surface area contributed by atoms with Crippen molar-refractivity contribution in [2.24, 2.45) is 0 Å². The highest BCUT2D eigenvalue weighted by Gasteiger charge is 2.39. The first kappa shape index (κ1) is 23.3. The number of carbonyl (C=O) groups excluding carboxylic acids is 3. The molecule has 1 unspecified atom stereocenters. The van der Waals surface area contributed by atoms with Crippen LogP contribution >= 0.6 is 23.2 Å². The van der Waals surface area contributed by atoms with Crippen LogP contribution in [0.5, 0.6) is 0 Å². The number of nitrogens with zero attached hydrogens (tertiary/aromatic N) is 2. The van der Waals surface area contributed by atoms with Gasteiger partial charge in [0, 0.05) is 28.9 Å². The number of anilines is 2. The zero-order valence-electron chi connectivity index (χ0n) is 18.5. The average Bonchev–Trinajstić information content (AvgIpc) is 2.71. The maximum atomic E-state index is 15.1. The molecule has 33 heavy (non-hydrogen) atoms. The SMILES string of the molecule is CC1CC(C)(C)N(C)c2cc(F)c(/C=C3/C(=O)NC(=O)N(c4ccc(Cl)cc4Cl)C3=O)cc21. The topological polar surface area (TPSA) is 69.7 Å². The van der Waals surface area contributed by atoms with Crippen LogP contribution in [0, 0.1) is 5.82 Å². The van der Waals surface area contributed by atoms with Gasteiger partial charge in [-0.1, -0.05) is 30.1 Å². The lowest BCUT2D eigenvalue weighted by Gasteiger charge is -2.45. The van der Waals surface area contributed by atoms with Crippen molar-refractivity contribution >= 4 is 58.5 Å². The molecule has 0 saturated carbocycles. The number of urea groups is 1. The van der Waals surface area contributed by atoms with E-state index in [4.69, 9.17) is 23.2 Å². The monoisotopic (exact) mass is 489 g/mol. The first-order valence-corrected chi connectivity index (χ1v) is 11.1. The minimum Gasteiger partial charge on any atom is -0.369 e. The fraction of sp³-hybridized carbons (Fsp3) is 0.292. The van der Waals surface area contributed by atoms with Gasteiger partial charge in [-0.2, -0.15) is 0 Å². The summed E-state index contributed by atoms with van der Waals surface area (Å²) in [4.78, 5) is 40.8. The van der Waals surface area contributed by atoms with E-state index < -0.39 is 23.7 Å². The van der Waals surface area contributed by atoms with Crippen LogP contribution in [0.2, 0.25) is 10.0 Å². The highest BCUT2D eigenvalue weighted by molar-refractivity contribution is 6.42. The molecule has 2 aromatic carbocycles. The van der Waals surface area contributed by atoms with Gasteiger partial charge in [-0.3, -0.25) is 14.9 Å². The second-order valence-corrected chi connectivity index (χ2v) is 9.81. The minimum absolute atomic E-state index is 0.0548. The van der Waals surface area contributed by atoms with Crippen LogP contribution in [0.3, 0.4) is 0 Å². The van der Waals surface area contributed by atoms with Gasteiger partial charge in [-0.15, -0.1) is 0 Å². The summed E-state index contributed by atoms with van der Waals surface area (Å²) in [6, 6.07) is 6.37. The molecule has 6 nitrogen and oxygen atoms in total. The summed E-state index contributed by atoms with van der Waals surface area (Å²) in [5.74, 6) is -2.25. The Morgan fingerprint density at radius 1 is 1.12 bits per heavy atom. The van der Waals surface area contributed by atoms with E-state index in [9.17, 15) is 14.4 Å². The van der Waals surface area contributed by atoms with Crippen molar-refractivity contribution < 1.29 is 18.8 Å². The Balaban J connectivity index is 1.78. The fourth-order valence-electron chi connectivity index (χ4n) is 4.41. The van der Waals surface area contributed by atoms with Gasteiger partial charge in [0.25, 0.3) is 11.8 Å². The normalized spacial score (nSPS) is 21.4. The molecular formula is C24H22Cl2FN3O3. The third kappa shape index (κ3) is 4.00. The van der Waals surface area contributed by atoms with Crippen molar-refractivity contribution in [1.82, 2.24) is 5.32 Å². The zero-order chi connectivity index (χ0) is 24.2. The molecule has 0 aliphatic carbocycles. The highest BCUT2D eigenvalue weighted by Crippen LogP contribution is 2.43. The molecule has 2 aromatic rings. The molecule has 0 spiro atoms. The summed E-state index contributed by atoms with van der Waals surface area (Å²) in [7, 11) is 1.92. The summed E-state index contributed by atoms with van der Waals surface area (Å²) in [5, 5.41) is 2.49. The van der Waals surface area contributed by atoms with Gasteiger partial charge < -0.3 is 4.90 Å². The molecule has 1 atom stereocenters. The average molecular weight is 490 g/mol.